The molecule has 2 rings (SSSR count). The van der Waals surface area contributed by atoms with Crippen molar-refractivity contribution in [3.05, 3.63) is 10.6 Å². The van der Waals surface area contributed by atoms with E-state index in [1.165, 1.54) is 6.20 Å². The summed E-state index contributed by atoms with van der Waals surface area (Å²) >= 11 is 5.62. The molecule has 0 aromatic rings. The molecule has 16 heavy (non-hydrogen) atoms. The molecule has 90 valence electrons. The summed E-state index contributed by atoms with van der Waals surface area (Å²) in [6, 6.07) is 0. The molecule has 0 N–H and O–H groups in total. The van der Waals surface area contributed by atoms with E-state index in [1.807, 2.05) is 0 Å². The van der Waals surface area contributed by atoms with Crippen LogP contribution in [0.1, 0.15) is 19.8 Å². The van der Waals surface area contributed by atoms with Crippen molar-refractivity contribution >= 4 is 26.5 Å². The number of nitrogens with zero attached hydrogens (tertiary/aromatic N) is 2. The number of hydrogen-bond acceptors (Lipinski definition) is 4. The van der Waals surface area contributed by atoms with Gasteiger partial charge in [0.25, 0.3) is 0 Å². The number of halogens is 1. The van der Waals surface area contributed by atoms with Gasteiger partial charge in [-0.25, -0.2) is 13.4 Å². The number of piperidine rings is 1. The molecule has 6 heteroatoms. The van der Waals surface area contributed by atoms with Gasteiger partial charge in [-0.3, -0.25) is 0 Å². The number of likely N-dealkylation sites (tertiary alicyclic amines) is 1. The van der Waals surface area contributed by atoms with Gasteiger partial charge >= 0.3 is 0 Å². The molecule has 4 nitrogen and oxygen atoms in total. The van der Waals surface area contributed by atoms with E-state index in [0.717, 1.165) is 32.5 Å². The Labute approximate surface area is 101 Å². The van der Waals surface area contributed by atoms with Crippen molar-refractivity contribution < 1.29 is 8.42 Å². The molecule has 0 aromatic carbocycles. The minimum absolute atomic E-state index is 0.0419. The van der Waals surface area contributed by atoms with Crippen molar-refractivity contribution in [3.63, 3.8) is 0 Å². The van der Waals surface area contributed by atoms with Crippen LogP contribution in [-0.2, 0) is 9.84 Å². The fourth-order valence-electron chi connectivity index (χ4n) is 2.17. The summed E-state index contributed by atoms with van der Waals surface area (Å²) in [4.78, 5) is 6.27. The van der Waals surface area contributed by atoms with Gasteiger partial charge in [0.1, 0.15) is 5.04 Å². The highest BCUT2D eigenvalue weighted by Crippen LogP contribution is 2.29. The van der Waals surface area contributed by atoms with Crippen molar-refractivity contribution in [2.24, 2.45) is 10.9 Å². The summed E-state index contributed by atoms with van der Waals surface area (Å²) in [5.74, 6) is 0.0419. The highest BCUT2D eigenvalue weighted by molar-refractivity contribution is 8.11. The minimum Gasteiger partial charge on any atom is -0.304 e. The second-order valence-corrected chi connectivity index (χ2v) is 6.61. The van der Waals surface area contributed by atoms with Crippen LogP contribution < -0.4 is 0 Å². The first kappa shape index (κ1) is 12.1. The SMILES string of the molecule is CCN1CCC(C2=NC=C(Cl)S2(=O)=O)CC1. The first-order chi connectivity index (χ1) is 7.55. The second kappa shape index (κ2) is 4.47. The van der Waals surface area contributed by atoms with Gasteiger partial charge in [0.15, 0.2) is 4.36 Å². The molecule has 2 aliphatic heterocycles. The van der Waals surface area contributed by atoms with Crippen LogP contribution in [0.2, 0.25) is 0 Å². The average molecular weight is 263 g/mol. The van der Waals surface area contributed by atoms with Gasteiger partial charge < -0.3 is 4.90 Å². The van der Waals surface area contributed by atoms with E-state index < -0.39 is 9.84 Å². The molecule has 0 unspecified atom stereocenters. The van der Waals surface area contributed by atoms with Gasteiger partial charge in [-0.15, -0.1) is 0 Å². The highest BCUT2D eigenvalue weighted by atomic mass is 35.5. The summed E-state index contributed by atoms with van der Waals surface area (Å²) in [5.41, 5.74) is 0. The lowest BCUT2D eigenvalue weighted by atomic mass is 9.98. The van der Waals surface area contributed by atoms with Gasteiger partial charge in [-0.1, -0.05) is 18.5 Å². The van der Waals surface area contributed by atoms with Crippen molar-refractivity contribution in [3.8, 4) is 0 Å². The smallest absolute Gasteiger partial charge is 0.232 e. The Kier molecular flexibility index (Phi) is 3.37. The van der Waals surface area contributed by atoms with Crippen LogP contribution in [0.15, 0.2) is 15.6 Å². The minimum atomic E-state index is -3.43. The van der Waals surface area contributed by atoms with Crippen molar-refractivity contribution in [2.75, 3.05) is 19.6 Å². The third-order valence-electron chi connectivity index (χ3n) is 3.21. The molecule has 2 heterocycles. The van der Waals surface area contributed by atoms with Crippen LogP contribution >= 0.6 is 11.6 Å². The zero-order chi connectivity index (χ0) is 11.8. The maximum absolute atomic E-state index is 11.8. The summed E-state index contributed by atoms with van der Waals surface area (Å²) in [5, 5.41) is 0.272. The molecule has 0 aliphatic carbocycles. The molecule has 2 aliphatic rings. The van der Waals surface area contributed by atoms with E-state index in [4.69, 9.17) is 11.6 Å². The lowest BCUT2D eigenvalue weighted by molar-refractivity contribution is 0.220. The third kappa shape index (κ3) is 2.04. The Morgan fingerprint density at radius 1 is 1.50 bits per heavy atom. The second-order valence-electron chi connectivity index (χ2n) is 4.11. The number of rotatable bonds is 2. The summed E-state index contributed by atoms with van der Waals surface area (Å²) in [6.45, 7) is 5.01. The summed E-state index contributed by atoms with van der Waals surface area (Å²) in [6.07, 6.45) is 2.95. The Balaban J connectivity index is 2.07. The predicted molar refractivity (Wildman–Crippen MR) is 65.1 cm³/mol. The van der Waals surface area contributed by atoms with Gasteiger partial charge in [0, 0.05) is 5.92 Å². The van der Waals surface area contributed by atoms with E-state index >= 15 is 0 Å². The van der Waals surface area contributed by atoms with E-state index in [0.29, 0.717) is 0 Å². The molecule has 0 aromatic heterocycles. The Bertz CT molecular complexity index is 434. The van der Waals surface area contributed by atoms with Crippen LogP contribution in [0.5, 0.6) is 0 Å². The standard InChI is InChI=1S/C10H15ClN2O2S/c1-2-13-5-3-8(4-6-13)10-12-7-9(11)16(10,14)15/h7-8H,2-6H2,1H3. The number of hydrogen-bond donors (Lipinski definition) is 0. The molecule has 0 atom stereocenters. The first-order valence-corrected chi connectivity index (χ1v) is 7.32. The number of aliphatic imine (C=N–C) groups is 1. The third-order valence-corrected chi connectivity index (χ3v) is 5.52. The van der Waals surface area contributed by atoms with Crippen LogP contribution in [0.25, 0.3) is 0 Å². The van der Waals surface area contributed by atoms with E-state index in [-0.39, 0.29) is 15.3 Å². The lowest BCUT2D eigenvalue weighted by Crippen LogP contribution is -2.37. The lowest BCUT2D eigenvalue weighted by Gasteiger charge is -2.30. The van der Waals surface area contributed by atoms with Crippen LogP contribution in [0, 0.1) is 5.92 Å². The first-order valence-electron chi connectivity index (χ1n) is 5.46. The van der Waals surface area contributed by atoms with Crippen molar-refractivity contribution in [1.82, 2.24) is 4.90 Å². The highest BCUT2D eigenvalue weighted by Gasteiger charge is 2.35. The van der Waals surface area contributed by atoms with Crippen LogP contribution in [0.3, 0.4) is 0 Å². The average Bonchev–Trinajstić information content (AvgIpc) is 2.54. The van der Waals surface area contributed by atoms with Gasteiger partial charge in [-0.2, -0.15) is 0 Å². The summed E-state index contributed by atoms with van der Waals surface area (Å²) in [7, 11) is -3.43. The van der Waals surface area contributed by atoms with Gasteiger partial charge in [0.05, 0.1) is 6.20 Å². The summed E-state index contributed by atoms with van der Waals surface area (Å²) < 4.78 is 23.5. The monoisotopic (exact) mass is 262 g/mol. The normalized spacial score (nSPS) is 26.6. The van der Waals surface area contributed by atoms with E-state index in [2.05, 4.69) is 16.8 Å². The Morgan fingerprint density at radius 2 is 2.12 bits per heavy atom. The quantitative estimate of drug-likeness (QED) is 0.759. The van der Waals surface area contributed by atoms with Crippen LogP contribution in [-0.4, -0.2) is 38.0 Å². The Hall–Kier alpha value is -0.390. The van der Waals surface area contributed by atoms with Crippen molar-refractivity contribution in [2.45, 2.75) is 19.8 Å². The zero-order valence-electron chi connectivity index (χ0n) is 9.19. The largest absolute Gasteiger partial charge is 0.304 e. The fraction of sp³-hybridized carbons (Fsp3) is 0.700. The molecule has 0 amide bonds. The molecule has 0 saturated carbocycles. The molecule has 1 fully saturated rings. The van der Waals surface area contributed by atoms with Gasteiger partial charge in [0.2, 0.25) is 9.84 Å². The Morgan fingerprint density at radius 3 is 2.56 bits per heavy atom. The zero-order valence-corrected chi connectivity index (χ0v) is 10.8. The molecule has 0 spiro atoms. The van der Waals surface area contributed by atoms with Crippen LogP contribution in [0.4, 0.5) is 0 Å². The van der Waals surface area contributed by atoms with Crippen molar-refractivity contribution in [1.29, 1.82) is 0 Å². The maximum Gasteiger partial charge on any atom is 0.232 e. The molecule has 1 saturated heterocycles. The number of sulfone groups is 1. The fourth-order valence-corrected chi connectivity index (χ4v) is 3.72. The van der Waals surface area contributed by atoms with E-state index in [1.54, 1.807) is 0 Å². The maximum atomic E-state index is 11.8. The predicted octanol–water partition coefficient (Wildman–Crippen LogP) is 1.58. The van der Waals surface area contributed by atoms with Gasteiger partial charge in [-0.05, 0) is 32.5 Å². The van der Waals surface area contributed by atoms with E-state index in [9.17, 15) is 8.42 Å². The molecular formula is C10H15ClN2O2S. The topological polar surface area (TPSA) is 49.7 Å². The molecule has 0 radical (unpaired) electrons. The molecule has 0 bridgehead atoms. The molecular weight excluding hydrogens is 248 g/mol.